The molecule has 0 bridgehead atoms. The quantitative estimate of drug-likeness (QED) is 0.650. The minimum absolute atomic E-state index is 0.0798. The Morgan fingerprint density at radius 1 is 0.923 bits per heavy atom. The zero-order valence-electron chi connectivity index (χ0n) is 15.4. The number of hydrogen-bond donors (Lipinski definition) is 0. The first-order valence-electron chi connectivity index (χ1n) is 9.26. The monoisotopic (exact) mass is 342 g/mol. The fraction of sp³-hybridized carbons (Fsp3) is 0.250. The number of Topliss-reactive ketones (excluding diaryl/α,β-unsaturated/α-hetero) is 1. The minimum Gasteiger partial charge on any atom is -0.294 e. The van der Waals surface area contributed by atoms with E-state index in [0.717, 1.165) is 24.9 Å². The highest BCUT2D eigenvalue weighted by Crippen LogP contribution is 2.31. The highest BCUT2D eigenvalue weighted by Gasteiger charge is 2.31. The van der Waals surface area contributed by atoms with Gasteiger partial charge in [0, 0.05) is 29.2 Å². The lowest BCUT2D eigenvalue weighted by atomic mass is 9.96. The fourth-order valence-electron chi connectivity index (χ4n) is 3.83. The Bertz CT molecular complexity index is 942. The summed E-state index contributed by atoms with van der Waals surface area (Å²) in [5.74, 6) is 0.389. The first kappa shape index (κ1) is 16.7. The summed E-state index contributed by atoms with van der Waals surface area (Å²) in [4.78, 5) is 12.8. The highest BCUT2D eigenvalue weighted by molar-refractivity contribution is 6.02. The van der Waals surface area contributed by atoms with E-state index in [1.165, 1.54) is 27.8 Å². The molecule has 1 heterocycles. The van der Waals surface area contributed by atoms with Crippen LogP contribution in [0, 0.1) is 19.8 Å². The van der Waals surface area contributed by atoms with Gasteiger partial charge in [0.05, 0.1) is 0 Å². The molecular weight excluding hydrogens is 318 g/mol. The molecule has 2 aromatic carbocycles. The van der Waals surface area contributed by atoms with Gasteiger partial charge in [0.2, 0.25) is 0 Å². The van der Waals surface area contributed by atoms with Gasteiger partial charge in [-0.3, -0.25) is 4.79 Å². The SMILES string of the molecule is Cc1cc2c(cc1C)C(=O)C(Cc1cc[n+](Cc3ccccc3)cc1)C2. The Balaban J connectivity index is 1.46. The van der Waals surface area contributed by atoms with E-state index < -0.39 is 0 Å². The Labute approximate surface area is 155 Å². The molecule has 0 spiro atoms. The van der Waals surface area contributed by atoms with Crippen LogP contribution in [-0.4, -0.2) is 5.78 Å². The van der Waals surface area contributed by atoms with Gasteiger partial charge in [0.15, 0.2) is 24.7 Å². The van der Waals surface area contributed by atoms with Crippen molar-refractivity contribution in [2.24, 2.45) is 5.92 Å². The smallest absolute Gasteiger partial charge is 0.173 e. The number of carbonyl (C=O) groups excluding carboxylic acids is 1. The van der Waals surface area contributed by atoms with Crippen LogP contribution in [0.25, 0.3) is 0 Å². The van der Waals surface area contributed by atoms with Crippen molar-refractivity contribution in [3.05, 3.63) is 100 Å². The Morgan fingerprint density at radius 3 is 2.35 bits per heavy atom. The van der Waals surface area contributed by atoms with Crippen molar-refractivity contribution in [2.75, 3.05) is 0 Å². The van der Waals surface area contributed by atoms with Gasteiger partial charge in [-0.25, -0.2) is 4.57 Å². The molecule has 1 atom stereocenters. The molecule has 0 amide bonds. The van der Waals surface area contributed by atoms with Gasteiger partial charge in [-0.05, 0) is 55.0 Å². The van der Waals surface area contributed by atoms with Gasteiger partial charge in [0.25, 0.3) is 0 Å². The number of benzene rings is 2. The summed E-state index contributed by atoms with van der Waals surface area (Å²) in [5, 5.41) is 0. The first-order chi connectivity index (χ1) is 12.6. The van der Waals surface area contributed by atoms with Crippen molar-refractivity contribution in [1.29, 1.82) is 0 Å². The fourth-order valence-corrected chi connectivity index (χ4v) is 3.83. The number of hydrogen-bond acceptors (Lipinski definition) is 1. The third-order valence-corrected chi connectivity index (χ3v) is 5.47. The molecule has 26 heavy (non-hydrogen) atoms. The van der Waals surface area contributed by atoms with Crippen molar-refractivity contribution in [3.63, 3.8) is 0 Å². The summed E-state index contributed by atoms with van der Waals surface area (Å²) in [6.07, 6.45) is 5.92. The zero-order chi connectivity index (χ0) is 18.1. The van der Waals surface area contributed by atoms with Crippen LogP contribution in [0.5, 0.6) is 0 Å². The van der Waals surface area contributed by atoms with Crippen molar-refractivity contribution < 1.29 is 9.36 Å². The van der Waals surface area contributed by atoms with Crippen molar-refractivity contribution in [1.82, 2.24) is 0 Å². The van der Waals surface area contributed by atoms with E-state index in [0.29, 0.717) is 5.78 Å². The van der Waals surface area contributed by atoms with E-state index in [1.807, 2.05) is 6.07 Å². The highest BCUT2D eigenvalue weighted by atomic mass is 16.1. The lowest BCUT2D eigenvalue weighted by Gasteiger charge is -2.07. The normalized spacial score (nSPS) is 15.9. The zero-order valence-corrected chi connectivity index (χ0v) is 15.4. The topological polar surface area (TPSA) is 20.9 Å². The van der Waals surface area contributed by atoms with Crippen LogP contribution >= 0.6 is 0 Å². The summed E-state index contributed by atoms with van der Waals surface area (Å²) in [6, 6.07) is 19.0. The predicted molar refractivity (Wildman–Crippen MR) is 103 cm³/mol. The van der Waals surface area contributed by atoms with Crippen molar-refractivity contribution in [3.8, 4) is 0 Å². The van der Waals surface area contributed by atoms with Crippen LogP contribution in [0.15, 0.2) is 67.0 Å². The van der Waals surface area contributed by atoms with Crippen LogP contribution in [0.1, 0.15) is 38.2 Å². The number of carbonyl (C=O) groups is 1. The molecule has 130 valence electrons. The molecule has 2 heteroatoms. The lowest BCUT2D eigenvalue weighted by Crippen LogP contribution is -2.33. The summed E-state index contributed by atoms with van der Waals surface area (Å²) < 4.78 is 2.18. The average molecular weight is 342 g/mol. The van der Waals surface area contributed by atoms with Crippen LogP contribution in [-0.2, 0) is 19.4 Å². The number of pyridine rings is 1. The van der Waals surface area contributed by atoms with Gasteiger partial charge in [-0.1, -0.05) is 36.4 Å². The van der Waals surface area contributed by atoms with E-state index in [2.05, 4.69) is 79.3 Å². The Kier molecular flexibility index (Phi) is 4.42. The number of ketones is 1. The van der Waals surface area contributed by atoms with Gasteiger partial charge >= 0.3 is 0 Å². The number of aryl methyl sites for hydroxylation is 2. The molecular formula is C24H24NO+. The number of nitrogens with zero attached hydrogens (tertiary/aromatic N) is 1. The Hall–Kier alpha value is -2.74. The van der Waals surface area contributed by atoms with Crippen molar-refractivity contribution >= 4 is 5.78 Å². The van der Waals surface area contributed by atoms with Gasteiger partial charge in [0.1, 0.15) is 0 Å². The van der Waals surface area contributed by atoms with Gasteiger partial charge in [-0.15, -0.1) is 0 Å². The second-order valence-corrected chi connectivity index (χ2v) is 7.43. The predicted octanol–water partition coefficient (Wildman–Crippen LogP) is 4.24. The summed E-state index contributed by atoms with van der Waals surface area (Å²) >= 11 is 0. The molecule has 1 aliphatic rings. The van der Waals surface area contributed by atoms with Crippen LogP contribution in [0.4, 0.5) is 0 Å². The largest absolute Gasteiger partial charge is 0.294 e. The molecule has 0 N–H and O–H groups in total. The van der Waals surface area contributed by atoms with E-state index in [1.54, 1.807) is 0 Å². The lowest BCUT2D eigenvalue weighted by molar-refractivity contribution is -0.688. The van der Waals surface area contributed by atoms with Gasteiger partial charge < -0.3 is 0 Å². The Morgan fingerprint density at radius 2 is 1.62 bits per heavy atom. The summed E-state index contributed by atoms with van der Waals surface area (Å²) in [7, 11) is 0. The minimum atomic E-state index is 0.0798. The molecule has 2 nitrogen and oxygen atoms in total. The molecule has 4 rings (SSSR count). The third-order valence-electron chi connectivity index (χ3n) is 5.47. The molecule has 0 radical (unpaired) electrons. The second kappa shape index (κ2) is 6.87. The molecule has 1 unspecified atom stereocenters. The maximum Gasteiger partial charge on any atom is 0.173 e. The average Bonchev–Trinajstić information content (AvgIpc) is 2.93. The van der Waals surface area contributed by atoms with E-state index >= 15 is 0 Å². The van der Waals surface area contributed by atoms with Crippen LogP contribution in [0.2, 0.25) is 0 Å². The van der Waals surface area contributed by atoms with Crippen molar-refractivity contribution in [2.45, 2.75) is 33.2 Å². The molecule has 1 aromatic heterocycles. The molecule has 0 saturated carbocycles. The standard InChI is InChI=1S/C24H24NO/c1-17-12-21-15-22(24(26)23(21)13-18(17)2)14-19-8-10-25(11-9-19)16-20-6-4-3-5-7-20/h3-13,22H,14-16H2,1-2H3/q+1. The number of fused-ring (bicyclic) bond motifs is 1. The number of rotatable bonds is 4. The molecule has 0 fully saturated rings. The second-order valence-electron chi connectivity index (χ2n) is 7.43. The maximum atomic E-state index is 12.8. The van der Waals surface area contributed by atoms with Gasteiger partial charge in [-0.2, -0.15) is 0 Å². The molecule has 0 saturated heterocycles. The third kappa shape index (κ3) is 3.32. The number of aromatic nitrogens is 1. The van der Waals surface area contributed by atoms with E-state index in [4.69, 9.17) is 0 Å². The molecule has 1 aliphatic carbocycles. The molecule has 3 aromatic rings. The van der Waals surface area contributed by atoms with Crippen LogP contribution in [0.3, 0.4) is 0 Å². The first-order valence-corrected chi connectivity index (χ1v) is 9.26. The van der Waals surface area contributed by atoms with E-state index in [9.17, 15) is 4.79 Å². The van der Waals surface area contributed by atoms with Crippen LogP contribution < -0.4 is 4.57 Å². The summed E-state index contributed by atoms with van der Waals surface area (Å²) in [5.41, 5.74) is 7.16. The summed E-state index contributed by atoms with van der Waals surface area (Å²) in [6.45, 7) is 5.07. The maximum absolute atomic E-state index is 12.8. The van der Waals surface area contributed by atoms with E-state index in [-0.39, 0.29) is 5.92 Å². The molecule has 0 aliphatic heterocycles.